The van der Waals surface area contributed by atoms with Crippen molar-refractivity contribution < 1.29 is 9.52 Å². The molecule has 0 aliphatic carbocycles. The fraction of sp³-hybridized carbons (Fsp3) is 0.118. The van der Waals surface area contributed by atoms with Gasteiger partial charge in [-0.05, 0) is 31.0 Å². The van der Waals surface area contributed by atoms with Gasteiger partial charge in [0.25, 0.3) is 5.91 Å². The Labute approximate surface area is 137 Å². The lowest BCUT2D eigenvalue weighted by Crippen LogP contribution is -2.25. The van der Waals surface area contributed by atoms with Crippen molar-refractivity contribution in [2.24, 2.45) is 0 Å². The number of benzene rings is 1. The molecule has 0 spiro atoms. The molecule has 116 valence electrons. The van der Waals surface area contributed by atoms with Gasteiger partial charge in [0.1, 0.15) is 0 Å². The van der Waals surface area contributed by atoms with Crippen LogP contribution >= 0.6 is 11.3 Å². The molecule has 1 aromatic carbocycles. The van der Waals surface area contributed by atoms with Gasteiger partial charge in [0.05, 0.1) is 11.3 Å². The number of nitrogens with one attached hydrogen (secondary N) is 1. The van der Waals surface area contributed by atoms with Crippen molar-refractivity contribution in [1.29, 1.82) is 0 Å². The summed E-state index contributed by atoms with van der Waals surface area (Å²) < 4.78 is 0.637. The Kier molecular flexibility index (Phi) is 4.08. The molecule has 3 rings (SSSR count). The van der Waals surface area contributed by atoms with E-state index in [1.165, 1.54) is 47.0 Å². The van der Waals surface area contributed by atoms with Gasteiger partial charge in [-0.15, -0.1) is 11.3 Å². The van der Waals surface area contributed by atoms with E-state index in [1.54, 1.807) is 0 Å². The molecular weight excluding hydrogens is 310 g/mol. The maximum absolute atomic E-state index is 12.1. The van der Waals surface area contributed by atoms with Crippen LogP contribution in [0.3, 0.4) is 0 Å². The summed E-state index contributed by atoms with van der Waals surface area (Å²) in [5.74, 6) is -0.286. The molecule has 23 heavy (non-hydrogen) atoms. The van der Waals surface area contributed by atoms with Crippen LogP contribution in [0.15, 0.2) is 48.1 Å². The summed E-state index contributed by atoms with van der Waals surface area (Å²) in [4.78, 5) is 16.6. The van der Waals surface area contributed by atoms with Crippen LogP contribution in [0.5, 0.6) is 0 Å². The van der Waals surface area contributed by atoms with Crippen molar-refractivity contribution in [3.63, 3.8) is 0 Å². The molecule has 0 fully saturated rings. The normalized spacial score (nSPS) is 10.5. The second kappa shape index (κ2) is 6.18. The molecule has 1 N–H and O–H groups in total. The van der Waals surface area contributed by atoms with Crippen LogP contribution in [0.1, 0.15) is 21.5 Å². The number of hydrogen-bond donors (Lipinski definition) is 1. The van der Waals surface area contributed by atoms with E-state index in [4.69, 9.17) is 0 Å². The molecule has 6 heteroatoms. The topological polar surface area (TPSA) is 68.9 Å². The smallest absolute Gasteiger partial charge is 0.257 e. The number of carbonyl (C=O) groups excluding carboxylic acids is 1. The lowest BCUT2D eigenvalue weighted by Gasteiger charge is -2.03. The first-order chi connectivity index (χ1) is 11.0. The van der Waals surface area contributed by atoms with Gasteiger partial charge in [0, 0.05) is 23.1 Å². The number of nitrogens with zero attached hydrogens (tertiary/aromatic N) is 2. The zero-order valence-electron chi connectivity index (χ0n) is 12.7. The Hall–Kier alpha value is -2.73. The molecule has 0 aliphatic rings. The van der Waals surface area contributed by atoms with Gasteiger partial charge in [-0.25, -0.2) is 4.98 Å². The summed E-state index contributed by atoms with van der Waals surface area (Å²) in [6.07, 6.45) is 2.58. The molecule has 3 aromatic rings. The van der Waals surface area contributed by atoms with Crippen molar-refractivity contribution >= 4 is 22.4 Å². The van der Waals surface area contributed by atoms with Crippen LogP contribution in [-0.2, 0) is 0 Å². The molecule has 0 aliphatic heterocycles. The summed E-state index contributed by atoms with van der Waals surface area (Å²) in [5, 5.41) is 16.2. The van der Waals surface area contributed by atoms with Crippen LogP contribution < -0.4 is 10.0 Å². The highest BCUT2D eigenvalue weighted by Gasteiger charge is 2.11. The van der Waals surface area contributed by atoms with Gasteiger partial charge < -0.3 is 5.21 Å². The fourth-order valence-electron chi connectivity index (χ4n) is 2.10. The molecule has 0 bridgehead atoms. The third kappa shape index (κ3) is 3.37. The van der Waals surface area contributed by atoms with E-state index in [9.17, 15) is 10.0 Å². The second-order valence-corrected chi connectivity index (χ2v) is 6.10. The van der Waals surface area contributed by atoms with E-state index in [0.717, 1.165) is 11.3 Å². The first-order valence-electron chi connectivity index (χ1n) is 7.06. The SMILES string of the molecule is Cc1ccc(-c2csc(NC(=O)c3cc[n+]([O-])cc3)n2)cc1C. The molecule has 0 saturated heterocycles. The number of rotatable bonds is 3. The van der Waals surface area contributed by atoms with Crippen LogP contribution in [0.25, 0.3) is 11.3 Å². The van der Waals surface area contributed by atoms with Crippen LogP contribution in [-0.4, -0.2) is 10.9 Å². The molecular formula is C17H15N3O2S. The predicted octanol–water partition coefficient (Wildman–Crippen LogP) is 3.31. The number of aryl methyl sites for hydroxylation is 2. The van der Waals surface area contributed by atoms with Crippen LogP contribution in [0.2, 0.25) is 0 Å². The predicted molar refractivity (Wildman–Crippen MR) is 90.4 cm³/mol. The molecule has 2 aromatic heterocycles. The zero-order valence-corrected chi connectivity index (χ0v) is 13.6. The number of carbonyl (C=O) groups is 1. The lowest BCUT2D eigenvalue weighted by molar-refractivity contribution is -0.605. The van der Waals surface area contributed by atoms with Gasteiger partial charge in [0.15, 0.2) is 17.5 Å². The molecule has 0 atom stereocenters. The van der Waals surface area contributed by atoms with Crippen molar-refractivity contribution in [2.45, 2.75) is 13.8 Å². The molecule has 2 heterocycles. The van der Waals surface area contributed by atoms with Gasteiger partial charge in [-0.2, -0.15) is 4.73 Å². The monoisotopic (exact) mass is 325 g/mol. The number of amides is 1. The molecule has 0 radical (unpaired) electrons. The van der Waals surface area contributed by atoms with E-state index < -0.39 is 0 Å². The Balaban J connectivity index is 1.77. The number of thiazole rings is 1. The minimum atomic E-state index is -0.286. The number of pyridine rings is 1. The summed E-state index contributed by atoms with van der Waals surface area (Å²) in [7, 11) is 0. The molecule has 1 amide bonds. The molecule has 0 unspecified atom stereocenters. The van der Waals surface area contributed by atoms with E-state index in [2.05, 4.69) is 36.3 Å². The minimum absolute atomic E-state index is 0.286. The van der Waals surface area contributed by atoms with E-state index >= 15 is 0 Å². The minimum Gasteiger partial charge on any atom is -0.619 e. The Bertz CT molecular complexity index is 857. The quantitative estimate of drug-likeness (QED) is 0.593. The van der Waals surface area contributed by atoms with Gasteiger partial charge in [0.2, 0.25) is 0 Å². The summed E-state index contributed by atoms with van der Waals surface area (Å²) in [5.41, 5.74) is 4.71. The average molecular weight is 325 g/mol. The Morgan fingerprint density at radius 1 is 1.17 bits per heavy atom. The Morgan fingerprint density at radius 3 is 2.61 bits per heavy atom. The van der Waals surface area contributed by atoms with Gasteiger partial charge in [-0.1, -0.05) is 12.1 Å². The third-order valence-corrected chi connectivity index (χ3v) is 4.35. The van der Waals surface area contributed by atoms with Crippen LogP contribution in [0, 0.1) is 19.1 Å². The Morgan fingerprint density at radius 2 is 1.91 bits per heavy atom. The van der Waals surface area contributed by atoms with Crippen molar-refractivity contribution in [3.8, 4) is 11.3 Å². The largest absolute Gasteiger partial charge is 0.619 e. The van der Waals surface area contributed by atoms with Gasteiger partial charge in [-0.3, -0.25) is 10.1 Å². The van der Waals surface area contributed by atoms with E-state index in [1.807, 2.05) is 11.4 Å². The highest BCUT2D eigenvalue weighted by atomic mass is 32.1. The first kappa shape index (κ1) is 15.2. The van der Waals surface area contributed by atoms with Crippen molar-refractivity contribution in [1.82, 2.24) is 4.98 Å². The molecule has 0 saturated carbocycles. The summed E-state index contributed by atoms with van der Waals surface area (Å²) >= 11 is 1.37. The van der Waals surface area contributed by atoms with E-state index in [-0.39, 0.29) is 5.91 Å². The zero-order chi connectivity index (χ0) is 16.4. The highest BCUT2D eigenvalue weighted by molar-refractivity contribution is 7.14. The highest BCUT2D eigenvalue weighted by Crippen LogP contribution is 2.26. The van der Waals surface area contributed by atoms with Gasteiger partial charge >= 0.3 is 0 Å². The maximum Gasteiger partial charge on any atom is 0.257 e. The molecule has 5 nitrogen and oxygen atoms in total. The lowest BCUT2D eigenvalue weighted by atomic mass is 10.1. The third-order valence-electron chi connectivity index (χ3n) is 3.59. The fourth-order valence-corrected chi connectivity index (χ4v) is 2.81. The second-order valence-electron chi connectivity index (χ2n) is 5.24. The summed E-state index contributed by atoms with van der Waals surface area (Å²) in [6.45, 7) is 4.13. The standard InChI is InChI=1S/C17H15N3O2S/c1-11-3-4-14(9-12(11)2)15-10-23-17(18-15)19-16(21)13-5-7-20(22)8-6-13/h3-10H,1-2H3,(H,18,19,21). The summed E-state index contributed by atoms with van der Waals surface area (Å²) in [6, 6.07) is 9.11. The van der Waals surface area contributed by atoms with E-state index in [0.29, 0.717) is 15.4 Å². The average Bonchev–Trinajstić information content (AvgIpc) is 2.99. The number of hydrogen-bond acceptors (Lipinski definition) is 4. The van der Waals surface area contributed by atoms with Crippen molar-refractivity contribution in [2.75, 3.05) is 5.32 Å². The maximum atomic E-state index is 12.1. The number of aromatic nitrogens is 2. The van der Waals surface area contributed by atoms with Crippen molar-refractivity contribution in [3.05, 3.63) is 70.0 Å². The first-order valence-corrected chi connectivity index (χ1v) is 7.94. The number of anilines is 1. The van der Waals surface area contributed by atoms with Crippen LogP contribution in [0.4, 0.5) is 5.13 Å².